The highest BCUT2D eigenvalue weighted by atomic mass is 32.2. The SMILES string of the molecule is Cc1cc(C)c(S(=O)(=O)N2CCC[C@H]2C(=O)Nc2ccc(/C=C/c3ccc(NC(=O)[C@@H]4CCCN4S(=O)(=O)c4c(C)cc(C)cc4C)cc3)cc2)c(C)c1. The largest absolute Gasteiger partial charge is 0.325 e. The summed E-state index contributed by atoms with van der Waals surface area (Å²) in [5.41, 5.74) is 7.61. The van der Waals surface area contributed by atoms with Crippen molar-refractivity contribution in [1.82, 2.24) is 8.61 Å². The van der Waals surface area contributed by atoms with Crippen LogP contribution in [0.15, 0.2) is 82.6 Å². The lowest BCUT2D eigenvalue weighted by Gasteiger charge is -2.25. The summed E-state index contributed by atoms with van der Waals surface area (Å²) in [4.78, 5) is 27.3. The number of carbonyl (C=O) groups is 2. The second-order valence-electron chi connectivity index (χ2n) is 14.6. The van der Waals surface area contributed by atoms with E-state index < -0.39 is 32.1 Å². The Hall–Kier alpha value is -4.62. The second-order valence-corrected chi connectivity index (χ2v) is 18.2. The van der Waals surface area contributed by atoms with E-state index in [1.807, 2.05) is 74.5 Å². The van der Waals surface area contributed by atoms with Gasteiger partial charge < -0.3 is 10.6 Å². The Morgan fingerprint density at radius 2 is 0.870 bits per heavy atom. The van der Waals surface area contributed by atoms with Gasteiger partial charge in [-0.1, -0.05) is 71.8 Å². The molecule has 0 radical (unpaired) electrons. The third kappa shape index (κ3) is 8.07. The fourth-order valence-corrected chi connectivity index (χ4v) is 12.1. The number of anilines is 2. The monoisotopic (exact) mass is 768 g/mol. The van der Waals surface area contributed by atoms with E-state index in [0.717, 1.165) is 22.3 Å². The molecule has 10 nitrogen and oxygen atoms in total. The average molecular weight is 769 g/mol. The van der Waals surface area contributed by atoms with Gasteiger partial charge in [0.15, 0.2) is 0 Å². The van der Waals surface area contributed by atoms with Crippen molar-refractivity contribution in [2.24, 2.45) is 0 Å². The molecule has 6 rings (SSSR count). The number of nitrogens with zero attached hydrogens (tertiary/aromatic N) is 2. The summed E-state index contributed by atoms with van der Waals surface area (Å²) in [6.07, 6.45) is 5.96. The Morgan fingerprint density at radius 3 is 1.19 bits per heavy atom. The Kier molecular flexibility index (Phi) is 11.3. The van der Waals surface area contributed by atoms with Crippen molar-refractivity contribution in [3.63, 3.8) is 0 Å². The molecule has 0 aliphatic carbocycles. The van der Waals surface area contributed by atoms with Gasteiger partial charge in [0.25, 0.3) is 0 Å². The molecular formula is C42H48N4O6S2. The van der Waals surface area contributed by atoms with Gasteiger partial charge in [-0.3, -0.25) is 9.59 Å². The van der Waals surface area contributed by atoms with E-state index in [0.29, 0.717) is 72.4 Å². The molecule has 284 valence electrons. The second kappa shape index (κ2) is 15.6. The zero-order valence-corrected chi connectivity index (χ0v) is 33.3. The maximum Gasteiger partial charge on any atom is 0.244 e. The fourth-order valence-electron chi connectivity index (χ4n) is 7.96. The number of benzene rings is 4. The topological polar surface area (TPSA) is 133 Å². The van der Waals surface area contributed by atoms with E-state index in [4.69, 9.17) is 0 Å². The molecule has 2 amide bonds. The molecule has 2 heterocycles. The predicted octanol–water partition coefficient (Wildman–Crippen LogP) is 7.29. The lowest BCUT2D eigenvalue weighted by Crippen LogP contribution is -2.43. The molecule has 2 fully saturated rings. The molecule has 2 aliphatic heterocycles. The summed E-state index contributed by atoms with van der Waals surface area (Å²) in [5, 5.41) is 5.81. The highest BCUT2D eigenvalue weighted by Crippen LogP contribution is 2.33. The van der Waals surface area contributed by atoms with Gasteiger partial charge in [0.1, 0.15) is 12.1 Å². The molecule has 0 spiro atoms. The van der Waals surface area contributed by atoms with Gasteiger partial charge in [0.2, 0.25) is 31.9 Å². The smallest absolute Gasteiger partial charge is 0.244 e. The summed E-state index contributed by atoms with van der Waals surface area (Å²) < 4.78 is 57.6. The molecule has 4 aromatic rings. The van der Waals surface area contributed by atoms with Crippen molar-refractivity contribution in [3.8, 4) is 0 Å². The lowest BCUT2D eigenvalue weighted by atomic mass is 10.1. The Balaban J connectivity index is 1.05. The van der Waals surface area contributed by atoms with Gasteiger partial charge in [0, 0.05) is 24.5 Å². The van der Waals surface area contributed by atoms with Crippen molar-refractivity contribution in [3.05, 3.63) is 117 Å². The highest BCUT2D eigenvalue weighted by molar-refractivity contribution is 7.89. The van der Waals surface area contributed by atoms with Crippen molar-refractivity contribution < 1.29 is 26.4 Å². The van der Waals surface area contributed by atoms with Crippen LogP contribution < -0.4 is 10.6 Å². The number of carbonyl (C=O) groups excluding carboxylic acids is 2. The maximum absolute atomic E-state index is 13.7. The number of aryl methyl sites for hydroxylation is 6. The van der Waals surface area contributed by atoms with E-state index in [1.54, 1.807) is 52.0 Å². The number of sulfonamides is 2. The minimum Gasteiger partial charge on any atom is -0.325 e. The molecule has 2 saturated heterocycles. The van der Waals surface area contributed by atoms with Crippen LogP contribution in [0, 0.1) is 41.5 Å². The normalized spacial score (nSPS) is 18.3. The average Bonchev–Trinajstić information content (AvgIpc) is 3.80. The number of amides is 2. The molecule has 4 aromatic carbocycles. The van der Waals surface area contributed by atoms with Crippen molar-refractivity contribution >= 4 is 55.4 Å². The molecule has 0 saturated carbocycles. The summed E-state index contributed by atoms with van der Waals surface area (Å²) in [5.74, 6) is -0.708. The first-order valence-corrected chi connectivity index (χ1v) is 21.1. The van der Waals surface area contributed by atoms with Crippen LogP contribution in [0.5, 0.6) is 0 Å². The molecule has 2 N–H and O–H groups in total. The molecule has 0 unspecified atom stereocenters. The van der Waals surface area contributed by atoms with Crippen molar-refractivity contribution in [1.29, 1.82) is 0 Å². The van der Waals surface area contributed by atoms with E-state index in [9.17, 15) is 26.4 Å². The zero-order chi connectivity index (χ0) is 38.9. The fraction of sp³-hybridized carbons (Fsp3) is 0.333. The van der Waals surface area contributed by atoms with Crippen LogP contribution in [0.3, 0.4) is 0 Å². The van der Waals surface area contributed by atoms with Gasteiger partial charge in [0.05, 0.1) is 9.79 Å². The van der Waals surface area contributed by atoms with E-state index in [1.165, 1.54) is 8.61 Å². The highest BCUT2D eigenvalue weighted by Gasteiger charge is 2.42. The van der Waals surface area contributed by atoms with E-state index in [2.05, 4.69) is 10.6 Å². The third-order valence-corrected chi connectivity index (χ3v) is 14.6. The first-order chi connectivity index (χ1) is 25.6. The maximum atomic E-state index is 13.7. The molecule has 12 heteroatoms. The molecule has 0 bridgehead atoms. The predicted molar refractivity (Wildman–Crippen MR) is 214 cm³/mol. The van der Waals surface area contributed by atoms with Crippen LogP contribution in [-0.4, -0.2) is 62.4 Å². The lowest BCUT2D eigenvalue weighted by molar-refractivity contribution is -0.119. The minimum absolute atomic E-state index is 0.274. The molecule has 0 aromatic heterocycles. The minimum atomic E-state index is -3.86. The van der Waals surface area contributed by atoms with Crippen LogP contribution in [0.1, 0.15) is 70.2 Å². The summed E-state index contributed by atoms with van der Waals surface area (Å²) in [6, 6.07) is 20.4. The summed E-state index contributed by atoms with van der Waals surface area (Å²) in [6.45, 7) is 11.6. The first-order valence-electron chi connectivity index (χ1n) is 18.3. The summed E-state index contributed by atoms with van der Waals surface area (Å²) >= 11 is 0. The Morgan fingerprint density at radius 1 is 0.556 bits per heavy atom. The van der Waals surface area contributed by atoms with E-state index >= 15 is 0 Å². The standard InChI is InChI=1S/C42H48N4O6S2/c1-27-23-29(3)39(30(4)24-27)53(49,50)45-21-7-9-37(45)41(47)43-35-17-13-33(14-18-35)11-12-34-15-19-36(20-16-34)44-42(48)38-10-8-22-46(38)54(51,52)40-31(5)25-28(2)26-32(40)6/h11-20,23-26,37-38H,7-10,21-22H2,1-6H3,(H,43,47)(H,44,48)/b12-11+/t37-,38-/m0/s1. The van der Waals surface area contributed by atoms with Gasteiger partial charge in [-0.05, 0) is 125 Å². The molecule has 2 aliphatic rings. The van der Waals surface area contributed by atoms with Gasteiger partial charge in [-0.2, -0.15) is 8.61 Å². The van der Waals surface area contributed by atoms with Crippen LogP contribution in [-0.2, 0) is 29.6 Å². The third-order valence-electron chi connectivity index (χ3n) is 10.2. The first kappa shape index (κ1) is 39.1. The molecule has 54 heavy (non-hydrogen) atoms. The summed E-state index contributed by atoms with van der Waals surface area (Å²) in [7, 11) is -7.72. The molecule has 2 atom stereocenters. The number of hydrogen-bond donors (Lipinski definition) is 2. The number of hydrogen-bond acceptors (Lipinski definition) is 6. The molecular weight excluding hydrogens is 721 g/mol. The van der Waals surface area contributed by atoms with Crippen LogP contribution in [0.2, 0.25) is 0 Å². The quantitative estimate of drug-likeness (QED) is 0.163. The van der Waals surface area contributed by atoms with Gasteiger partial charge in [-0.15, -0.1) is 0 Å². The van der Waals surface area contributed by atoms with Crippen LogP contribution >= 0.6 is 0 Å². The van der Waals surface area contributed by atoms with E-state index in [-0.39, 0.29) is 21.6 Å². The Bertz CT molecular complexity index is 2130. The van der Waals surface area contributed by atoms with Crippen molar-refractivity contribution in [2.75, 3.05) is 23.7 Å². The zero-order valence-electron chi connectivity index (χ0n) is 31.6. The number of rotatable bonds is 10. The Labute approximate surface area is 319 Å². The number of nitrogens with one attached hydrogen (secondary N) is 2. The van der Waals surface area contributed by atoms with Crippen LogP contribution in [0.4, 0.5) is 11.4 Å². The van der Waals surface area contributed by atoms with Gasteiger partial charge >= 0.3 is 0 Å². The van der Waals surface area contributed by atoms with Crippen molar-refractivity contribution in [2.45, 2.75) is 89.1 Å². The van der Waals surface area contributed by atoms with Gasteiger partial charge in [-0.25, -0.2) is 16.8 Å². The van der Waals surface area contributed by atoms with Crippen LogP contribution in [0.25, 0.3) is 12.2 Å².